The smallest absolute Gasteiger partial charge is 0.399 e. The Bertz CT molecular complexity index is 1130. The highest BCUT2D eigenvalue weighted by atomic mass is 19.3. The molecular weight excluding hydrogens is 554 g/mol. The quantitative estimate of drug-likeness (QED) is 0.230. The maximum absolute atomic E-state index is 15.0. The van der Waals surface area contributed by atoms with Crippen LogP contribution in [0.1, 0.15) is 104 Å². The molecule has 5 rings (SSSR count). The van der Waals surface area contributed by atoms with Gasteiger partial charge in [-0.15, -0.1) is 0 Å². The van der Waals surface area contributed by atoms with Gasteiger partial charge in [0.25, 0.3) is 0 Å². The molecule has 42 heavy (non-hydrogen) atoms. The summed E-state index contributed by atoms with van der Waals surface area (Å²) in [7, 11) is 0. The number of nitrogens with two attached hydrogens (primary N) is 2. The molecule has 4 saturated carbocycles. The van der Waals surface area contributed by atoms with Crippen LogP contribution in [0.3, 0.4) is 0 Å². The zero-order valence-corrected chi connectivity index (χ0v) is 25.4. The molecule has 1 aromatic rings. The Balaban J connectivity index is 1.28. The summed E-state index contributed by atoms with van der Waals surface area (Å²) in [4.78, 5) is 0. The Morgan fingerprint density at radius 2 is 1.48 bits per heavy atom. The zero-order valence-electron chi connectivity index (χ0n) is 25.4. The van der Waals surface area contributed by atoms with E-state index in [0.29, 0.717) is 47.6 Å². The first-order valence-electron chi connectivity index (χ1n) is 16.0. The lowest BCUT2D eigenvalue weighted by atomic mass is 9.44. The predicted molar refractivity (Wildman–Crippen MR) is 153 cm³/mol. The van der Waals surface area contributed by atoms with Gasteiger partial charge in [-0.3, -0.25) is 0 Å². The Morgan fingerprint density at radius 1 is 0.857 bits per heavy atom. The van der Waals surface area contributed by atoms with Crippen molar-refractivity contribution >= 4 is 11.4 Å². The molecule has 4 aliphatic carbocycles. The molecule has 9 atom stereocenters. The Morgan fingerprint density at radius 3 is 2.12 bits per heavy atom. The topological polar surface area (TPSA) is 61.3 Å². The van der Waals surface area contributed by atoms with Gasteiger partial charge >= 0.3 is 18.0 Å². The maximum atomic E-state index is 15.0. The molecule has 0 radical (unpaired) electrons. The first kappa shape index (κ1) is 31.8. The van der Waals surface area contributed by atoms with Gasteiger partial charge < -0.3 is 16.2 Å². The van der Waals surface area contributed by atoms with Gasteiger partial charge in [0.2, 0.25) is 0 Å². The summed E-state index contributed by atoms with van der Waals surface area (Å²) in [6.45, 7) is 9.42. The molecule has 0 bridgehead atoms. The Labute approximate surface area is 246 Å². The van der Waals surface area contributed by atoms with E-state index in [-0.39, 0.29) is 35.5 Å². The van der Waals surface area contributed by atoms with Gasteiger partial charge in [0.05, 0.1) is 6.10 Å². The van der Waals surface area contributed by atoms with Gasteiger partial charge in [0.15, 0.2) is 0 Å². The number of anilines is 2. The highest BCUT2D eigenvalue weighted by molar-refractivity contribution is 5.55. The minimum atomic E-state index is -5.81. The molecule has 1 aromatic carbocycles. The molecule has 2 unspecified atom stereocenters. The van der Waals surface area contributed by atoms with Gasteiger partial charge in [0, 0.05) is 16.9 Å². The Hall–Kier alpha value is -1.64. The lowest BCUT2D eigenvalue weighted by Crippen LogP contribution is -2.57. The van der Waals surface area contributed by atoms with Gasteiger partial charge in [0.1, 0.15) is 0 Å². The fraction of sp³-hybridized carbons (Fsp3) is 0.818. The first-order valence-corrected chi connectivity index (χ1v) is 16.0. The normalized spacial score (nSPS) is 38.0. The highest BCUT2D eigenvalue weighted by Crippen LogP contribution is 2.68. The third-order valence-corrected chi connectivity index (χ3v) is 12.5. The molecule has 4 aliphatic rings. The van der Waals surface area contributed by atoms with Crippen LogP contribution in [0, 0.1) is 46.3 Å². The van der Waals surface area contributed by atoms with Crippen LogP contribution in [-0.4, -0.2) is 18.1 Å². The number of hydrogen-bond donors (Lipinski definition) is 2. The van der Waals surface area contributed by atoms with E-state index in [1.54, 1.807) is 0 Å². The van der Waals surface area contributed by atoms with Crippen molar-refractivity contribution in [3.8, 4) is 0 Å². The highest BCUT2D eigenvalue weighted by Gasteiger charge is 2.74. The zero-order chi connectivity index (χ0) is 30.9. The van der Waals surface area contributed by atoms with Crippen molar-refractivity contribution in [2.24, 2.45) is 46.3 Å². The third-order valence-electron chi connectivity index (χ3n) is 12.5. The van der Waals surface area contributed by atoms with Crippen molar-refractivity contribution in [2.75, 3.05) is 11.5 Å². The van der Waals surface area contributed by atoms with Crippen LogP contribution >= 0.6 is 0 Å². The number of rotatable bonds is 8. The van der Waals surface area contributed by atoms with Gasteiger partial charge in [-0.2, -0.15) is 26.3 Å². The number of fused-ring (bicyclic) bond motifs is 5. The second kappa shape index (κ2) is 10.8. The molecule has 0 aliphatic heterocycles. The number of ether oxygens (including phenoxy) is 1. The van der Waals surface area contributed by atoms with Gasteiger partial charge in [-0.1, -0.05) is 40.5 Å². The standard InChI is InChI=1S/C33H48F6N2O/c1-5-6-19(2)26-9-10-27-25-8-7-20-17-24(11-13-29(20,3)28(25)12-14-30(26,27)4)42-33(38,39)32(36,37)31(34,35)21-15-22(40)18-23(41)16-21/h15-16,18-20,24-28H,5-14,17,40-41H2,1-4H3/t19-,20?,24?,25+,26-,27+,28+,29+,30-/m1/s1. The maximum Gasteiger partial charge on any atom is 0.426 e. The average Bonchev–Trinajstić information content (AvgIpc) is 3.25. The van der Waals surface area contributed by atoms with Crippen LogP contribution in [-0.2, 0) is 10.7 Å². The molecule has 9 heteroatoms. The Kier molecular flexibility index (Phi) is 8.14. The van der Waals surface area contributed by atoms with Gasteiger partial charge in [-0.05, 0) is 122 Å². The molecule has 4 fully saturated rings. The fourth-order valence-electron chi connectivity index (χ4n) is 10.5. The molecule has 4 N–H and O–H groups in total. The second-order valence-corrected chi connectivity index (χ2v) is 14.7. The molecule has 0 spiro atoms. The van der Waals surface area contributed by atoms with Crippen molar-refractivity contribution in [1.82, 2.24) is 0 Å². The van der Waals surface area contributed by atoms with E-state index >= 15 is 0 Å². The van der Waals surface area contributed by atoms with E-state index in [1.165, 1.54) is 32.1 Å². The third kappa shape index (κ3) is 4.92. The van der Waals surface area contributed by atoms with Crippen molar-refractivity contribution in [2.45, 2.75) is 122 Å². The number of hydrogen-bond acceptors (Lipinski definition) is 3. The molecule has 0 heterocycles. The summed E-state index contributed by atoms with van der Waals surface area (Å²) in [5, 5.41) is 0. The summed E-state index contributed by atoms with van der Waals surface area (Å²) >= 11 is 0. The predicted octanol–water partition coefficient (Wildman–Crippen LogP) is 9.65. The molecule has 0 aromatic heterocycles. The van der Waals surface area contributed by atoms with Crippen LogP contribution < -0.4 is 11.5 Å². The summed E-state index contributed by atoms with van der Waals surface area (Å²) in [5.74, 6) is -7.83. The molecule has 0 saturated heterocycles. The summed E-state index contributed by atoms with van der Waals surface area (Å²) < 4.78 is 94.2. The fourth-order valence-corrected chi connectivity index (χ4v) is 10.5. The van der Waals surface area contributed by atoms with E-state index in [0.717, 1.165) is 31.2 Å². The average molecular weight is 603 g/mol. The lowest BCUT2D eigenvalue weighted by molar-refractivity contribution is -0.415. The van der Waals surface area contributed by atoms with Crippen LogP contribution in [0.5, 0.6) is 0 Å². The number of halogens is 6. The minimum absolute atomic E-state index is 0.0386. The van der Waals surface area contributed by atoms with Crippen molar-refractivity contribution in [3.63, 3.8) is 0 Å². The molecule has 238 valence electrons. The van der Waals surface area contributed by atoms with E-state index < -0.39 is 29.6 Å². The SMILES string of the molecule is CCC[C@@H](C)[C@H]1CC[C@H]2[C@@H]3CCC4CC(OC(F)(F)C(F)(F)C(F)(F)c5cc(N)cc(N)c5)CC[C@]4(C)[C@H]3CC[C@]12C. The number of nitrogen functional groups attached to an aromatic ring is 2. The molecule has 3 nitrogen and oxygen atoms in total. The van der Waals surface area contributed by atoms with Crippen molar-refractivity contribution < 1.29 is 31.1 Å². The monoisotopic (exact) mass is 602 g/mol. The van der Waals surface area contributed by atoms with Crippen LogP contribution in [0.4, 0.5) is 37.7 Å². The van der Waals surface area contributed by atoms with Crippen LogP contribution in [0.25, 0.3) is 0 Å². The van der Waals surface area contributed by atoms with Crippen molar-refractivity contribution in [3.05, 3.63) is 23.8 Å². The molecular formula is C33H48F6N2O. The van der Waals surface area contributed by atoms with E-state index in [9.17, 15) is 26.3 Å². The number of benzene rings is 1. The first-order chi connectivity index (χ1) is 19.5. The second-order valence-electron chi connectivity index (χ2n) is 14.7. The van der Waals surface area contributed by atoms with E-state index in [1.807, 2.05) is 0 Å². The lowest BCUT2D eigenvalue weighted by Gasteiger charge is -2.61. The largest absolute Gasteiger partial charge is 0.426 e. The van der Waals surface area contributed by atoms with Crippen LogP contribution in [0.15, 0.2) is 18.2 Å². The summed E-state index contributed by atoms with van der Waals surface area (Å²) in [6.07, 6.45) is 3.40. The van der Waals surface area contributed by atoms with Gasteiger partial charge in [-0.25, -0.2) is 0 Å². The summed E-state index contributed by atoms with van der Waals surface area (Å²) in [6, 6.07) is 2.17. The number of alkyl halides is 6. The minimum Gasteiger partial charge on any atom is -0.399 e. The van der Waals surface area contributed by atoms with E-state index in [2.05, 4.69) is 32.4 Å². The summed E-state index contributed by atoms with van der Waals surface area (Å²) in [5.41, 5.74) is 9.18. The van der Waals surface area contributed by atoms with Crippen LogP contribution in [0.2, 0.25) is 0 Å². The van der Waals surface area contributed by atoms with Crippen molar-refractivity contribution in [1.29, 1.82) is 0 Å². The van der Waals surface area contributed by atoms with E-state index in [4.69, 9.17) is 11.5 Å². The molecule has 0 amide bonds.